The Labute approximate surface area is 170 Å². The molecule has 0 fully saturated rings. The maximum Gasteiger partial charge on any atom is 0.196 e. The first-order valence-corrected chi connectivity index (χ1v) is 9.63. The predicted octanol–water partition coefficient (Wildman–Crippen LogP) is 4.27. The molecule has 0 aliphatic carbocycles. The standard InChI is InChI=1S/C20H17N7OS/c1-12-16-18(29-17(12)14-5-2-6-15(8-14)19(21)27-28)20(24-11-23-16)26-25-10-13-4-3-7-22-9-13/h2-9,11,21,25H,10H2,1H3,(H,23,24,26). The van der Waals surface area contributed by atoms with E-state index in [1.165, 1.54) is 6.33 Å². The van der Waals surface area contributed by atoms with E-state index in [4.69, 9.17) is 5.41 Å². The molecule has 0 bridgehead atoms. The van der Waals surface area contributed by atoms with Gasteiger partial charge in [-0.25, -0.2) is 15.4 Å². The maximum atomic E-state index is 10.7. The molecule has 3 heterocycles. The molecule has 0 radical (unpaired) electrons. The van der Waals surface area contributed by atoms with Gasteiger partial charge in [0.2, 0.25) is 0 Å². The fourth-order valence-electron chi connectivity index (χ4n) is 2.98. The number of nitrogens with zero attached hydrogens (tertiary/aromatic N) is 4. The van der Waals surface area contributed by atoms with Crippen molar-refractivity contribution >= 4 is 33.2 Å². The Hall–Kier alpha value is -3.56. The minimum atomic E-state index is -0.285. The summed E-state index contributed by atoms with van der Waals surface area (Å²) in [6, 6.07) is 11.1. The van der Waals surface area contributed by atoms with E-state index in [1.54, 1.807) is 35.9 Å². The largest absolute Gasteiger partial charge is 0.304 e. The van der Waals surface area contributed by atoms with Crippen LogP contribution in [-0.4, -0.2) is 20.8 Å². The molecule has 0 unspecified atom stereocenters. The molecule has 4 aromatic rings. The third-order valence-electron chi connectivity index (χ3n) is 4.42. The Morgan fingerprint density at radius 2 is 2.14 bits per heavy atom. The fraction of sp³-hybridized carbons (Fsp3) is 0.100. The Bertz CT molecular complexity index is 1190. The summed E-state index contributed by atoms with van der Waals surface area (Å²) in [5.41, 5.74) is 10.6. The lowest BCUT2D eigenvalue weighted by atomic mass is 10.1. The van der Waals surface area contributed by atoms with Crippen LogP contribution in [0.5, 0.6) is 0 Å². The maximum absolute atomic E-state index is 10.7. The summed E-state index contributed by atoms with van der Waals surface area (Å²) in [7, 11) is 0. The summed E-state index contributed by atoms with van der Waals surface area (Å²) in [6.45, 7) is 2.60. The van der Waals surface area contributed by atoms with Crippen molar-refractivity contribution in [3.63, 3.8) is 0 Å². The predicted molar refractivity (Wildman–Crippen MR) is 115 cm³/mol. The number of fused-ring (bicyclic) bond motifs is 1. The van der Waals surface area contributed by atoms with Gasteiger partial charge < -0.3 is 5.43 Å². The molecule has 9 heteroatoms. The number of thiophene rings is 1. The minimum Gasteiger partial charge on any atom is -0.304 e. The smallest absolute Gasteiger partial charge is 0.196 e. The number of amidine groups is 1. The zero-order valence-corrected chi connectivity index (χ0v) is 16.3. The highest BCUT2D eigenvalue weighted by Gasteiger charge is 2.16. The molecular formula is C20H17N7OS. The van der Waals surface area contributed by atoms with E-state index in [0.717, 1.165) is 31.8 Å². The first kappa shape index (κ1) is 18.8. The SMILES string of the molecule is Cc1c(-c2cccc(C(=N)N=O)c2)sc2c(NNCc3cccnc3)ncnc12. The molecule has 0 saturated heterocycles. The van der Waals surface area contributed by atoms with Gasteiger partial charge in [0, 0.05) is 29.4 Å². The van der Waals surface area contributed by atoms with Gasteiger partial charge in [0.15, 0.2) is 11.7 Å². The van der Waals surface area contributed by atoms with E-state index >= 15 is 0 Å². The molecule has 0 aliphatic rings. The molecule has 29 heavy (non-hydrogen) atoms. The number of aromatic nitrogens is 3. The van der Waals surface area contributed by atoms with Crippen LogP contribution in [0.1, 0.15) is 16.7 Å². The second-order valence-electron chi connectivity index (χ2n) is 6.32. The van der Waals surface area contributed by atoms with Gasteiger partial charge >= 0.3 is 0 Å². The summed E-state index contributed by atoms with van der Waals surface area (Å²) < 4.78 is 0.924. The normalized spacial score (nSPS) is 10.8. The van der Waals surface area contributed by atoms with E-state index in [2.05, 4.69) is 31.0 Å². The van der Waals surface area contributed by atoms with Crippen molar-refractivity contribution in [1.82, 2.24) is 20.4 Å². The van der Waals surface area contributed by atoms with E-state index in [0.29, 0.717) is 17.9 Å². The van der Waals surface area contributed by atoms with E-state index in [-0.39, 0.29) is 5.84 Å². The van der Waals surface area contributed by atoms with Crippen molar-refractivity contribution in [2.45, 2.75) is 13.5 Å². The second kappa shape index (κ2) is 8.21. The number of pyridine rings is 1. The van der Waals surface area contributed by atoms with Gasteiger partial charge in [-0.05, 0) is 40.9 Å². The van der Waals surface area contributed by atoms with Crippen molar-refractivity contribution in [2.24, 2.45) is 5.18 Å². The van der Waals surface area contributed by atoms with Crippen LogP contribution in [0, 0.1) is 17.2 Å². The average molecular weight is 403 g/mol. The minimum absolute atomic E-state index is 0.285. The molecule has 0 spiro atoms. The van der Waals surface area contributed by atoms with Gasteiger partial charge in [-0.3, -0.25) is 10.4 Å². The van der Waals surface area contributed by atoms with Gasteiger partial charge in [0.1, 0.15) is 6.33 Å². The lowest BCUT2D eigenvalue weighted by Gasteiger charge is -2.07. The van der Waals surface area contributed by atoms with Gasteiger partial charge in [-0.2, -0.15) is 0 Å². The number of rotatable bonds is 6. The number of nitroso groups, excluding NO2 is 1. The first-order chi connectivity index (χ1) is 14.2. The van der Waals surface area contributed by atoms with Gasteiger partial charge in [-0.15, -0.1) is 16.2 Å². The molecule has 0 atom stereocenters. The number of nitrogens with one attached hydrogen (secondary N) is 3. The van der Waals surface area contributed by atoms with Crippen LogP contribution in [0.2, 0.25) is 0 Å². The van der Waals surface area contributed by atoms with Crippen molar-refractivity contribution in [2.75, 3.05) is 5.43 Å². The molecule has 0 amide bonds. The van der Waals surface area contributed by atoms with Gasteiger partial charge in [-0.1, -0.05) is 24.3 Å². The Balaban J connectivity index is 1.64. The summed E-state index contributed by atoms with van der Waals surface area (Å²) in [5.74, 6) is 0.407. The van der Waals surface area contributed by atoms with Crippen LogP contribution in [0.3, 0.4) is 0 Å². The van der Waals surface area contributed by atoms with Crippen molar-refractivity contribution in [3.8, 4) is 10.4 Å². The van der Waals surface area contributed by atoms with Crippen LogP contribution in [0.25, 0.3) is 20.7 Å². The third-order valence-corrected chi connectivity index (χ3v) is 5.75. The van der Waals surface area contributed by atoms with Gasteiger partial charge in [0.25, 0.3) is 0 Å². The van der Waals surface area contributed by atoms with Gasteiger partial charge in [0.05, 0.1) is 10.2 Å². The molecular weight excluding hydrogens is 386 g/mol. The third kappa shape index (κ3) is 3.86. The topological polar surface area (TPSA) is 116 Å². The Morgan fingerprint density at radius 3 is 2.93 bits per heavy atom. The highest BCUT2D eigenvalue weighted by Crippen LogP contribution is 2.39. The van der Waals surface area contributed by atoms with E-state index in [1.807, 2.05) is 31.2 Å². The highest BCUT2D eigenvalue weighted by atomic mass is 32.1. The molecule has 3 N–H and O–H groups in total. The number of hydrazine groups is 1. The van der Waals surface area contributed by atoms with Crippen LogP contribution in [-0.2, 0) is 6.54 Å². The zero-order chi connectivity index (χ0) is 20.2. The van der Waals surface area contributed by atoms with Crippen LogP contribution in [0.15, 0.2) is 60.3 Å². The molecule has 1 aromatic carbocycles. The molecule has 0 saturated carbocycles. The molecule has 8 nitrogen and oxygen atoms in total. The number of aryl methyl sites for hydroxylation is 1. The van der Waals surface area contributed by atoms with Crippen LogP contribution < -0.4 is 10.9 Å². The number of benzene rings is 1. The highest BCUT2D eigenvalue weighted by molar-refractivity contribution is 7.23. The zero-order valence-electron chi connectivity index (χ0n) is 15.5. The van der Waals surface area contributed by atoms with Crippen LogP contribution in [0.4, 0.5) is 5.82 Å². The van der Waals surface area contributed by atoms with Crippen molar-refractivity contribution in [1.29, 1.82) is 5.41 Å². The average Bonchev–Trinajstić information content (AvgIpc) is 3.11. The second-order valence-corrected chi connectivity index (χ2v) is 7.34. The quantitative estimate of drug-likeness (QED) is 0.192. The number of hydrogen-bond acceptors (Lipinski definition) is 8. The molecule has 0 aliphatic heterocycles. The van der Waals surface area contributed by atoms with E-state index < -0.39 is 0 Å². The Kier molecular flexibility index (Phi) is 5.32. The summed E-state index contributed by atoms with van der Waals surface area (Å²) in [4.78, 5) is 24.6. The first-order valence-electron chi connectivity index (χ1n) is 8.82. The lowest BCUT2D eigenvalue weighted by Crippen LogP contribution is -2.21. The molecule has 4 rings (SSSR count). The Morgan fingerprint density at radius 1 is 1.24 bits per heavy atom. The molecule has 144 valence electrons. The monoisotopic (exact) mass is 403 g/mol. The fourth-order valence-corrected chi connectivity index (χ4v) is 4.18. The van der Waals surface area contributed by atoms with Crippen molar-refractivity contribution < 1.29 is 0 Å². The lowest BCUT2D eigenvalue weighted by molar-refractivity contribution is 0.792. The molecule has 3 aromatic heterocycles. The number of hydrogen-bond donors (Lipinski definition) is 3. The van der Waals surface area contributed by atoms with E-state index in [9.17, 15) is 4.91 Å². The summed E-state index contributed by atoms with van der Waals surface area (Å²) >= 11 is 1.56. The van der Waals surface area contributed by atoms with Crippen LogP contribution >= 0.6 is 11.3 Å². The summed E-state index contributed by atoms with van der Waals surface area (Å²) in [6.07, 6.45) is 5.07. The number of anilines is 1. The summed E-state index contributed by atoms with van der Waals surface area (Å²) in [5, 5.41) is 10.4. The van der Waals surface area contributed by atoms with Crippen molar-refractivity contribution in [3.05, 3.63) is 76.7 Å².